The van der Waals surface area contributed by atoms with Gasteiger partial charge in [0, 0.05) is 35.9 Å². The fourth-order valence-corrected chi connectivity index (χ4v) is 4.23. The molecule has 3 aromatic rings. The van der Waals surface area contributed by atoms with E-state index in [-0.39, 0.29) is 34.9 Å². The third kappa shape index (κ3) is 4.91. The van der Waals surface area contributed by atoms with Gasteiger partial charge >= 0.3 is 6.18 Å². The number of halogens is 3. The van der Waals surface area contributed by atoms with Gasteiger partial charge in [-0.25, -0.2) is 15.0 Å². The van der Waals surface area contributed by atoms with Crippen LogP contribution < -0.4 is 5.32 Å². The van der Waals surface area contributed by atoms with E-state index in [4.69, 9.17) is 5.11 Å². The summed E-state index contributed by atoms with van der Waals surface area (Å²) in [5.41, 5.74) is 0.160. The van der Waals surface area contributed by atoms with Crippen LogP contribution in [0.15, 0.2) is 24.7 Å². The van der Waals surface area contributed by atoms with E-state index < -0.39 is 11.7 Å². The minimum atomic E-state index is -4.53. The van der Waals surface area contributed by atoms with E-state index >= 15 is 0 Å². The van der Waals surface area contributed by atoms with E-state index in [1.807, 2.05) is 13.0 Å². The number of likely N-dealkylation sites (tertiary alicyclic amines) is 1. The van der Waals surface area contributed by atoms with Crippen LogP contribution in [-0.4, -0.2) is 62.2 Å². The van der Waals surface area contributed by atoms with Gasteiger partial charge in [-0.2, -0.15) is 18.4 Å². The summed E-state index contributed by atoms with van der Waals surface area (Å²) in [6.45, 7) is 4.67. The highest BCUT2D eigenvalue weighted by molar-refractivity contribution is 5.94. The van der Waals surface area contributed by atoms with Crippen molar-refractivity contribution in [3.8, 4) is 17.3 Å². The Hall–Kier alpha value is -3.23. The SMILES string of the molecule is CC(Nc1ncc(C#N)c(-c2c[nH]c3ncc(C(F)(F)F)cc23)n1)C1CCN(CCO)CC1. The highest BCUT2D eigenvalue weighted by Gasteiger charge is 2.32. The Morgan fingerprint density at radius 1 is 1.30 bits per heavy atom. The maximum Gasteiger partial charge on any atom is 0.417 e. The maximum atomic E-state index is 13.2. The molecule has 4 heterocycles. The molecule has 0 bridgehead atoms. The number of β-amino-alcohol motifs (C(OH)–C–C–N with tert-alkyl or cyclic N) is 1. The number of anilines is 1. The Labute approximate surface area is 188 Å². The molecule has 0 aromatic carbocycles. The normalized spacial score (nSPS) is 16.6. The second-order valence-electron chi connectivity index (χ2n) is 8.22. The third-order valence-corrected chi connectivity index (χ3v) is 6.14. The summed E-state index contributed by atoms with van der Waals surface area (Å²) in [6.07, 6.45) is 1.05. The zero-order valence-electron chi connectivity index (χ0n) is 18.0. The van der Waals surface area contributed by atoms with Crippen molar-refractivity contribution in [2.24, 2.45) is 5.92 Å². The first-order valence-electron chi connectivity index (χ1n) is 10.7. The summed E-state index contributed by atoms with van der Waals surface area (Å²) in [7, 11) is 0. The van der Waals surface area contributed by atoms with Gasteiger partial charge in [0.15, 0.2) is 0 Å². The predicted molar refractivity (Wildman–Crippen MR) is 116 cm³/mol. The first kappa shape index (κ1) is 22.9. The lowest BCUT2D eigenvalue weighted by Gasteiger charge is -2.34. The van der Waals surface area contributed by atoms with Gasteiger partial charge < -0.3 is 20.3 Å². The standard InChI is InChI=1S/C22H24F3N7O/c1-13(14-2-4-32(5-3-14)6-7-33)30-21-29-10-15(9-26)19(31-21)18-12-28-20-17(18)8-16(11-27-20)22(23,24)25/h8,10-14,33H,2-7H2,1H3,(H,27,28)(H,29,30,31). The molecule has 33 heavy (non-hydrogen) atoms. The predicted octanol–water partition coefficient (Wildman–Crippen LogP) is 3.42. The number of aromatic nitrogens is 4. The molecule has 1 saturated heterocycles. The molecule has 174 valence electrons. The first-order chi connectivity index (χ1) is 15.8. The van der Waals surface area contributed by atoms with Crippen LogP contribution in [0.2, 0.25) is 0 Å². The van der Waals surface area contributed by atoms with E-state index in [1.54, 1.807) is 0 Å². The van der Waals surface area contributed by atoms with Crippen molar-refractivity contribution in [3.63, 3.8) is 0 Å². The van der Waals surface area contributed by atoms with Crippen molar-refractivity contribution in [2.75, 3.05) is 31.6 Å². The number of aromatic amines is 1. The number of nitrogens with zero attached hydrogens (tertiary/aromatic N) is 5. The maximum absolute atomic E-state index is 13.2. The average molecular weight is 459 g/mol. The Kier molecular flexibility index (Phi) is 6.49. The van der Waals surface area contributed by atoms with E-state index in [1.165, 1.54) is 12.4 Å². The molecule has 0 aliphatic carbocycles. The fourth-order valence-electron chi connectivity index (χ4n) is 4.23. The first-order valence-corrected chi connectivity index (χ1v) is 10.7. The monoisotopic (exact) mass is 459 g/mol. The minimum absolute atomic E-state index is 0.0588. The summed E-state index contributed by atoms with van der Waals surface area (Å²) in [4.78, 5) is 17.7. The molecule has 1 aliphatic rings. The molecular formula is C22H24F3N7O. The van der Waals surface area contributed by atoms with Gasteiger partial charge in [0.1, 0.15) is 11.7 Å². The molecular weight excluding hydrogens is 435 g/mol. The number of pyridine rings is 1. The van der Waals surface area contributed by atoms with Gasteiger partial charge in [-0.3, -0.25) is 0 Å². The molecule has 1 aliphatic heterocycles. The van der Waals surface area contributed by atoms with E-state index in [9.17, 15) is 18.4 Å². The van der Waals surface area contributed by atoms with Gasteiger partial charge in [0.05, 0.1) is 29.6 Å². The quantitative estimate of drug-likeness (QED) is 0.518. The van der Waals surface area contributed by atoms with Crippen molar-refractivity contribution in [2.45, 2.75) is 32.0 Å². The second kappa shape index (κ2) is 9.33. The highest BCUT2D eigenvalue weighted by atomic mass is 19.4. The van der Waals surface area contributed by atoms with Gasteiger partial charge in [0.2, 0.25) is 5.95 Å². The summed E-state index contributed by atoms with van der Waals surface area (Å²) in [6, 6.07) is 3.08. The molecule has 1 fully saturated rings. The Morgan fingerprint density at radius 2 is 2.06 bits per heavy atom. The van der Waals surface area contributed by atoms with Crippen molar-refractivity contribution in [1.82, 2.24) is 24.8 Å². The summed E-state index contributed by atoms with van der Waals surface area (Å²) in [5.74, 6) is 0.692. The number of fused-ring (bicyclic) bond motifs is 1. The average Bonchev–Trinajstić information content (AvgIpc) is 3.22. The molecule has 8 nitrogen and oxygen atoms in total. The summed E-state index contributed by atoms with van der Waals surface area (Å²) in [5, 5.41) is 22.2. The van der Waals surface area contributed by atoms with Crippen LogP contribution in [0.5, 0.6) is 0 Å². The minimum Gasteiger partial charge on any atom is -0.395 e. The molecule has 1 unspecified atom stereocenters. The zero-order chi connectivity index (χ0) is 23.6. The number of aliphatic hydroxyl groups is 1. The number of H-pyrrole nitrogens is 1. The van der Waals surface area contributed by atoms with Crippen molar-refractivity contribution >= 4 is 17.0 Å². The van der Waals surface area contributed by atoms with Crippen molar-refractivity contribution < 1.29 is 18.3 Å². The zero-order valence-corrected chi connectivity index (χ0v) is 18.0. The molecule has 0 amide bonds. The van der Waals surface area contributed by atoms with Crippen molar-refractivity contribution in [1.29, 1.82) is 5.26 Å². The number of piperidine rings is 1. The van der Waals surface area contributed by atoms with E-state index in [0.29, 0.717) is 24.0 Å². The van der Waals surface area contributed by atoms with Crippen LogP contribution >= 0.6 is 0 Å². The van der Waals surface area contributed by atoms with E-state index in [2.05, 4.69) is 30.2 Å². The molecule has 0 radical (unpaired) electrons. The van der Waals surface area contributed by atoms with Gasteiger partial charge in [-0.05, 0) is 44.8 Å². The van der Waals surface area contributed by atoms with E-state index in [0.717, 1.165) is 38.2 Å². The molecule has 3 N–H and O–H groups in total. The van der Waals surface area contributed by atoms with Gasteiger partial charge in [-0.1, -0.05) is 0 Å². The molecule has 0 saturated carbocycles. The Morgan fingerprint density at radius 3 is 2.73 bits per heavy atom. The number of hydrogen-bond donors (Lipinski definition) is 3. The van der Waals surface area contributed by atoms with Crippen LogP contribution in [0.1, 0.15) is 30.9 Å². The van der Waals surface area contributed by atoms with Crippen LogP contribution in [0, 0.1) is 17.2 Å². The molecule has 11 heteroatoms. The van der Waals surface area contributed by atoms with Crippen molar-refractivity contribution in [3.05, 3.63) is 35.8 Å². The van der Waals surface area contributed by atoms with Crippen LogP contribution in [-0.2, 0) is 6.18 Å². The van der Waals surface area contributed by atoms with Crippen LogP contribution in [0.3, 0.4) is 0 Å². The summed E-state index contributed by atoms with van der Waals surface area (Å²) >= 11 is 0. The number of rotatable bonds is 6. The van der Waals surface area contributed by atoms with Crippen LogP contribution in [0.25, 0.3) is 22.3 Å². The lowest BCUT2D eigenvalue weighted by atomic mass is 9.90. The van der Waals surface area contributed by atoms with Crippen LogP contribution in [0.4, 0.5) is 19.1 Å². The molecule has 1 atom stereocenters. The largest absolute Gasteiger partial charge is 0.417 e. The van der Waals surface area contributed by atoms with Gasteiger partial charge in [0.25, 0.3) is 0 Å². The third-order valence-electron chi connectivity index (χ3n) is 6.14. The molecule has 4 rings (SSSR count). The fraction of sp³-hybridized carbons (Fsp3) is 0.455. The number of nitrogens with one attached hydrogen (secondary N) is 2. The number of alkyl halides is 3. The highest BCUT2D eigenvalue weighted by Crippen LogP contribution is 2.35. The molecule has 0 spiro atoms. The second-order valence-corrected chi connectivity index (χ2v) is 8.22. The smallest absolute Gasteiger partial charge is 0.395 e. The lowest BCUT2D eigenvalue weighted by Crippen LogP contribution is -2.40. The number of aliphatic hydroxyl groups excluding tert-OH is 1. The topological polar surface area (TPSA) is 114 Å². The lowest BCUT2D eigenvalue weighted by molar-refractivity contribution is -0.137. The summed E-state index contributed by atoms with van der Waals surface area (Å²) < 4.78 is 39.6. The van der Waals surface area contributed by atoms with Gasteiger partial charge in [-0.15, -0.1) is 0 Å². The molecule has 3 aromatic heterocycles. The number of nitriles is 1. The Bertz CT molecular complexity index is 1160. The Balaban J connectivity index is 1.60. The number of hydrogen-bond acceptors (Lipinski definition) is 7.